The number of aromatic amines is 1. The van der Waals surface area contributed by atoms with Crippen molar-refractivity contribution < 1.29 is 28.7 Å². The molecule has 44 heavy (non-hydrogen) atoms. The van der Waals surface area contributed by atoms with Gasteiger partial charge in [-0.3, -0.25) is 19.2 Å². The Kier molecular flexibility index (Phi) is 10.3. The summed E-state index contributed by atoms with van der Waals surface area (Å²) >= 11 is 6.16. The van der Waals surface area contributed by atoms with Crippen LogP contribution in [0, 0.1) is 0 Å². The van der Waals surface area contributed by atoms with Gasteiger partial charge in [-0.25, -0.2) is 15.2 Å². The molecule has 0 bridgehead atoms. The number of amides is 4. The number of nitrogens with one attached hydrogen (secondary N) is 3. The van der Waals surface area contributed by atoms with Gasteiger partial charge in [0.2, 0.25) is 5.43 Å². The van der Waals surface area contributed by atoms with Crippen LogP contribution in [0.3, 0.4) is 0 Å². The largest absolute Gasteiger partial charge is 0.443 e. The van der Waals surface area contributed by atoms with Gasteiger partial charge in [-0.2, -0.15) is 0 Å². The van der Waals surface area contributed by atoms with E-state index in [1.165, 1.54) is 25.3 Å². The molecule has 0 aliphatic carbocycles. The number of fused-ring (bicyclic) bond motifs is 1. The summed E-state index contributed by atoms with van der Waals surface area (Å²) in [7, 11) is 1.52. The van der Waals surface area contributed by atoms with Gasteiger partial charge < -0.3 is 24.7 Å². The van der Waals surface area contributed by atoms with E-state index in [-0.39, 0.29) is 23.5 Å². The third-order valence-electron chi connectivity index (χ3n) is 6.78. The number of rotatable bonds is 8. The Balaban J connectivity index is 1.78. The summed E-state index contributed by atoms with van der Waals surface area (Å²) in [5.41, 5.74) is 1.26. The fourth-order valence-corrected chi connectivity index (χ4v) is 4.95. The van der Waals surface area contributed by atoms with E-state index in [4.69, 9.17) is 21.1 Å². The van der Waals surface area contributed by atoms with Crippen molar-refractivity contribution in [3.05, 3.63) is 80.1 Å². The molecule has 13 heteroatoms. The molecule has 0 atom stereocenters. The molecule has 1 aliphatic heterocycles. The molecule has 3 N–H and O–H groups in total. The van der Waals surface area contributed by atoms with E-state index < -0.39 is 34.5 Å². The summed E-state index contributed by atoms with van der Waals surface area (Å²) in [6, 6.07) is 10.9. The summed E-state index contributed by atoms with van der Waals surface area (Å²) < 4.78 is 10.4. The third kappa shape index (κ3) is 7.94. The van der Waals surface area contributed by atoms with Gasteiger partial charge in [-0.15, -0.1) is 0 Å². The van der Waals surface area contributed by atoms with Gasteiger partial charge in [0.15, 0.2) is 0 Å². The number of carbonyl (C=O) groups excluding carboxylic acids is 4. The van der Waals surface area contributed by atoms with E-state index in [0.29, 0.717) is 47.9 Å². The van der Waals surface area contributed by atoms with Crippen LogP contribution >= 0.6 is 11.6 Å². The molecule has 0 saturated carbocycles. The monoisotopic (exact) mass is 625 g/mol. The molecule has 1 aromatic heterocycles. The minimum absolute atomic E-state index is 0.141. The molecule has 1 saturated heterocycles. The average Bonchev–Trinajstić information content (AvgIpc) is 3.50. The van der Waals surface area contributed by atoms with Gasteiger partial charge in [0, 0.05) is 42.7 Å². The van der Waals surface area contributed by atoms with E-state index in [1.807, 2.05) is 0 Å². The fourth-order valence-electron chi connectivity index (χ4n) is 4.78. The van der Waals surface area contributed by atoms with Gasteiger partial charge in [0.05, 0.1) is 18.7 Å². The maximum atomic E-state index is 14.3. The zero-order chi connectivity index (χ0) is 32.0. The normalized spacial score (nSPS) is 13.1. The highest BCUT2D eigenvalue weighted by molar-refractivity contribution is 6.31. The number of halogens is 1. The van der Waals surface area contributed by atoms with Crippen molar-refractivity contribution in [2.75, 3.05) is 33.4 Å². The number of nitrogens with zero attached hydrogens (tertiary/aromatic N) is 2. The molecule has 2 aromatic carbocycles. The highest BCUT2D eigenvalue weighted by atomic mass is 35.5. The van der Waals surface area contributed by atoms with E-state index in [9.17, 15) is 24.0 Å². The van der Waals surface area contributed by atoms with Crippen molar-refractivity contribution >= 4 is 46.3 Å². The summed E-state index contributed by atoms with van der Waals surface area (Å²) in [6.45, 7) is 6.31. The number of hydrogen-bond donors (Lipinski definition) is 3. The van der Waals surface area contributed by atoms with Crippen LogP contribution in [0.4, 0.5) is 4.79 Å². The second-order valence-corrected chi connectivity index (χ2v) is 11.8. The van der Waals surface area contributed by atoms with E-state index in [1.54, 1.807) is 49.9 Å². The van der Waals surface area contributed by atoms with Crippen LogP contribution in [-0.2, 0) is 16.0 Å². The number of H-pyrrole nitrogens is 1. The second-order valence-electron chi connectivity index (χ2n) is 11.3. The number of hydrazine groups is 1. The molecule has 1 aliphatic rings. The van der Waals surface area contributed by atoms with Crippen LogP contribution in [0.25, 0.3) is 10.9 Å². The Morgan fingerprint density at radius 1 is 1.07 bits per heavy atom. The van der Waals surface area contributed by atoms with Crippen molar-refractivity contribution in [3.8, 4) is 0 Å². The highest BCUT2D eigenvalue weighted by Gasteiger charge is 2.32. The molecule has 0 spiro atoms. The number of ether oxygens (including phenoxy) is 2. The van der Waals surface area contributed by atoms with Crippen molar-refractivity contribution in [1.82, 2.24) is 25.6 Å². The van der Waals surface area contributed by atoms with Crippen molar-refractivity contribution in [2.45, 2.75) is 45.8 Å². The maximum Gasteiger partial charge on any atom is 0.426 e. The lowest BCUT2D eigenvalue weighted by Crippen LogP contribution is -2.49. The van der Waals surface area contributed by atoms with Crippen LogP contribution < -0.4 is 16.2 Å². The number of pyridine rings is 1. The first-order valence-electron chi connectivity index (χ1n) is 14.2. The standard InChI is InChI=1S/C31H36ClN5O7/c1-31(2,3)44-30(42)35-37(18-19-8-7-9-20(16-19)27(39)33-12-15-43-4)28(40)24-25(29(41)36-13-5-6-14-36)34-23-17-21(32)10-11-22(23)26(24)38/h7-11,16-17H,5-6,12-15,18H2,1-4H3,(H,33,39)(H,34,38)(H,35,42). The highest BCUT2D eigenvalue weighted by Crippen LogP contribution is 2.21. The average molecular weight is 626 g/mol. The first-order valence-corrected chi connectivity index (χ1v) is 14.6. The first-order chi connectivity index (χ1) is 20.9. The Morgan fingerprint density at radius 3 is 2.48 bits per heavy atom. The molecular formula is C31H36ClN5O7. The lowest BCUT2D eigenvalue weighted by atomic mass is 10.1. The van der Waals surface area contributed by atoms with Gasteiger partial charge in [-0.05, 0) is 69.5 Å². The van der Waals surface area contributed by atoms with Crippen molar-refractivity contribution in [1.29, 1.82) is 0 Å². The summed E-state index contributed by atoms with van der Waals surface area (Å²) in [4.78, 5) is 71.9. The van der Waals surface area contributed by atoms with Crippen LogP contribution in [0.2, 0.25) is 5.02 Å². The molecule has 12 nitrogen and oxygen atoms in total. The van der Waals surface area contributed by atoms with E-state index in [2.05, 4.69) is 15.7 Å². The zero-order valence-corrected chi connectivity index (χ0v) is 25.9. The summed E-state index contributed by atoms with van der Waals surface area (Å²) in [5.74, 6) is -1.81. The predicted molar refractivity (Wildman–Crippen MR) is 165 cm³/mol. The van der Waals surface area contributed by atoms with E-state index in [0.717, 1.165) is 17.9 Å². The second kappa shape index (κ2) is 13.9. The Bertz CT molecular complexity index is 1630. The molecule has 3 aromatic rings. The lowest BCUT2D eigenvalue weighted by molar-refractivity contribution is 0.0280. The minimum atomic E-state index is -0.948. The molecule has 4 rings (SSSR count). The maximum absolute atomic E-state index is 14.3. The molecule has 234 valence electrons. The van der Waals surface area contributed by atoms with Crippen molar-refractivity contribution in [2.24, 2.45) is 0 Å². The SMILES string of the molecule is COCCNC(=O)c1cccc(CN(NC(=O)OC(C)(C)C)C(=O)c2c(C(=O)N3CCCC3)[nH]c3cc(Cl)ccc3c2=O)c1. The molecule has 4 amide bonds. The number of methoxy groups -OCH3 is 1. The number of hydrogen-bond acceptors (Lipinski definition) is 7. The summed E-state index contributed by atoms with van der Waals surface area (Å²) in [6.07, 6.45) is 0.636. The van der Waals surface area contributed by atoms with Gasteiger partial charge in [0.25, 0.3) is 17.7 Å². The topological polar surface area (TPSA) is 150 Å². The van der Waals surface area contributed by atoms with Gasteiger partial charge >= 0.3 is 6.09 Å². The molecule has 0 unspecified atom stereocenters. The lowest BCUT2D eigenvalue weighted by Gasteiger charge is -2.27. The number of aromatic nitrogens is 1. The number of likely N-dealkylation sites (tertiary alicyclic amines) is 1. The van der Waals surface area contributed by atoms with Crippen LogP contribution in [0.1, 0.15) is 70.4 Å². The van der Waals surface area contributed by atoms with Crippen LogP contribution in [-0.4, -0.2) is 77.7 Å². The number of benzene rings is 2. The van der Waals surface area contributed by atoms with Crippen molar-refractivity contribution in [3.63, 3.8) is 0 Å². The van der Waals surface area contributed by atoms with Crippen LogP contribution in [0.5, 0.6) is 0 Å². The Morgan fingerprint density at radius 2 is 1.80 bits per heavy atom. The molecule has 2 heterocycles. The first kappa shape index (κ1) is 32.5. The zero-order valence-electron chi connectivity index (χ0n) is 25.1. The van der Waals surface area contributed by atoms with Gasteiger partial charge in [0.1, 0.15) is 16.9 Å². The molecule has 0 radical (unpaired) electrons. The summed E-state index contributed by atoms with van der Waals surface area (Å²) in [5, 5.41) is 4.12. The Labute approximate surface area is 259 Å². The fraction of sp³-hybridized carbons (Fsp3) is 0.387. The number of carbonyl (C=O) groups is 4. The van der Waals surface area contributed by atoms with E-state index >= 15 is 0 Å². The Hall–Kier alpha value is -4.42. The smallest absolute Gasteiger partial charge is 0.426 e. The molecule has 1 fully saturated rings. The van der Waals surface area contributed by atoms with Crippen LogP contribution in [0.15, 0.2) is 47.3 Å². The molecular weight excluding hydrogens is 590 g/mol. The minimum Gasteiger partial charge on any atom is -0.443 e. The predicted octanol–water partition coefficient (Wildman–Crippen LogP) is 3.88. The van der Waals surface area contributed by atoms with Gasteiger partial charge in [-0.1, -0.05) is 23.7 Å². The third-order valence-corrected chi connectivity index (χ3v) is 7.01. The quantitative estimate of drug-likeness (QED) is 0.254.